The van der Waals surface area contributed by atoms with E-state index >= 15 is 0 Å². The van der Waals surface area contributed by atoms with Gasteiger partial charge in [0.2, 0.25) is 0 Å². The van der Waals surface area contributed by atoms with Gasteiger partial charge in [0.15, 0.2) is 9.84 Å². The number of sulfone groups is 1. The van der Waals surface area contributed by atoms with Crippen LogP contribution in [0.25, 0.3) is 0 Å². The molecule has 0 aromatic heterocycles. The van der Waals surface area contributed by atoms with E-state index in [4.69, 9.17) is 0 Å². The summed E-state index contributed by atoms with van der Waals surface area (Å²) in [7, 11) is -6.95. The van der Waals surface area contributed by atoms with Gasteiger partial charge in [-0.2, -0.15) is 0 Å². The Balaban J connectivity index is 2.96. The van der Waals surface area contributed by atoms with Gasteiger partial charge in [-0.15, -0.1) is 4.40 Å². The number of rotatable bonds is 2. The summed E-state index contributed by atoms with van der Waals surface area (Å²) in [6, 6.07) is 0. The van der Waals surface area contributed by atoms with Gasteiger partial charge in [0.1, 0.15) is 0 Å². The molecule has 0 amide bonds. The minimum absolute atomic E-state index is 0.0934. The van der Waals surface area contributed by atoms with Crippen LogP contribution >= 0.6 is 12.2 Å². The molecular formula is C5H7NO4S3. The van der Waals surface area contributed by atoms with E-state index in [9.17, 15) is 16.8 Å². The van der Waals surface area contributed by atoms with Gasteiger partial charge in [0.25, 0.3) is 10.0 Å². The first-order valence-electron chi connectivity index (χ1n) is 3.41. The molecule has 1 aliphatic heterocycles. The molecular weight excluding hydrogens is 234 g/mol. The zero-order chi connectivity index (χ0) is 10.1. The van der Waals surface area contributed by atoms with Crippen LogP contribution in [-0.2, 0) is 19.9 Å². The Bertz CT molecular complexity index is 442. The molecule has 13 heavy (non-hydrogen) atoms. The Morgan fingerprint density at radius 3 is 2.46 bits per heavy atom. The van der Waals surface area contributed by atoms with Crippen LogP contribution in [0, 0.1) is 0 Å². The molecule has 0 N–H and O–H groups in total. The molecule has 0 bridgehead atoms. The van der Waals surface area contributed by atoms with Crippen LogP contribution in [0.5, 0.6) is 0 Å². The fourth-order valence-electron chi connectivity index (χ4n) is 1.12. The monoisotopic (exact) mass is 241 g/mol. The van der Waals surface area contributed by atoms with E-state index in [0.29, 0.717) is 0 Å². The molecule has 1 fully saturated rings. The van der Waals surface area contributed by atoms with Gasteiger partial charge in [-0.25, -0.2) is 16.8 Å². The van der Waals surface area contributed by atoms with Crippen LogP contribution in [0.15, 0.2) is 4.40 Å². The van der Waals surface area contributed by atoms with Gasteiger partial charge in [-0.1, -0.05) is 0 Å². The van der Waals surface area contributed by atoms with Crippen molar-refractivity contribution in [3.05, 3.63) is 0 Å². The fourth-order valence-corrected chi connectivity index (χ4v) is 5.11. The number of thiocarbonyl (C=S) groups is 1. The largest absolute Gasteiger partial charge is 0.265 e. The summed E-state index contributed by atoms with van der Waals surface area (Å²) in [5.74, 6) is -0.445. The summed E-state index contributed by atoms with van der Waals surface area (Å²) in [5, 5.41) is 0.801. The third kappa shape index (κ3) is 2.57. The van der Waals surface area contributed by atoms with Crippen molar-refractivity contribution in [2.24, 2.45) is 4.40 Å². The van der Waals surface area contributed by atoms with Crippen LogP contribution < -0.4 is 0 Å². The minimum atomic E-state index is -3.75. The summed E-state index contributed by atoms with van der Waals surface area (Å²) in [6.07, 6.45) is 0.102. The number of isothiocyanates is 1. The molecule has 0 aliphatic carbocycles. The SMILES string of the molecule is O=S1(=O)CC[C@H](S(=O)(=O)N=C=S)C1. The van der Waals surface area contributed by atoms with Crippen molar-refractivity contribution >= 4 is 37.2 Å². The lowest BCUT2D eigenvalue weighted by Gasteiger charge is -2.01. The van der Waals surface area contributed by atoms with Gasteiger partial charge in [0, 0.05) is 0 Å². The summed E-state index contributed by atoms with van der Waals surface area (Å²) >= 11 is 4.15. The lowest BCUT2D eigenvalue weighted by Crippen LogP contribution is -2.20. The van der Waals surface area contributed by atoms with E-state index in [0.717, 1.165) is 0 Å². The molecule has 1 rings (SSSR count). The van der Waals surface area contributed by atoms with Gasteiger partial charge >= 0.3 is 0 Å². The topological polar surface area (TPSA) is 80.6 Å². The molecule has 0 aromatic rings. The minimum Gasteiger partial charge on any atom is -0.229 e. The molecule has 5 nitrogen and oxygen atoms in total. The second-order valence-electron chi connectivity index (χ2n) is 2.72. The predicted octanol–water partition coefficient (Wildman–Crippen LogP) is -0.394. The second kappa shape index (κ2) is 3.45. The smallest absolute Gasteiger partial charge is 0.229 e. The quantitative estimate of drug-likeness (QED) is 0.485. The summed E-state index contributed by atoms with van der Waals surface area (Å²) in [5.41, 5.74) is 0. The van der Waals surface area contributed by atoms with Gasteiger partial charge < -0.3 is 0 Å². The molecule has 0 spiro atoms. The molecule has 0 saturated carbocycles. The summed E-state index contributed by atoms with van der Waals surface area (Å²) in [4.78, 5) is 0. The zero-order valence-corrected chi connectivity index (χ0v) is 8.95. The van der Waals surface area contributed by atoms with E-state index in [-0.39, 0.29) is 17.9 Å². The molecule has 1 aliphatic rings. The number of hydrogen-bond acceptors (Lipinski definition) is 5. The predicted molar refractivity (Wildman–Crippen MR) is 51.0 cm³/mol. The van der Waals surface area contributed by atoms with Crippen molar-refractivity contribution < 1.29 is 16.8 Å². The lowest BCUT2D eigenvalue weighted by molar-refractivity contribution is 0.584. The van der Waals surface area contributed by atoms with E-state index < -0.39 is 25.1 Å². The highest BCUT2D eigenvalue weighted by Crippen LogP contribution is 2.19. The maximum Gasteiger partial charge on any atom is 0.265 e. The average molecular weight is 241 g/mol. The number of hydrogen-bond donors (Lipinski definition) is 0. The highest BCUT2D eigenvalue weighted by molar-refractivity contribution is 7.96. The Labute approximate surface area is 81.8 Å². The standard InChI is InChI=1S/C5H7NO4S3/c7-12(8)2-1-5(3-12)13(9,10)6-4-11/h5H,1-3H2/t5-/m0/s1. The van der Waals surface area contributed by atoms with Crippen LogP contribution in [0.2, 0.25) is 0 Å². The summed E-state index contributed by atoms with van der Waals surface area (Å²) < 4.78 is 47.2. The Morgan fingerprint density at radius 2 is 2.08 bits per heavy atom. The van der Waals surface area contributed by atoms with E-state index in [1.807, 2.05) is 0 Å². The highest BCUT2D eigenvalue weighted by atomic mass is 32.2. The van der Waals surface area contributed by atoms with Crippen molar-refractivity contribution in [1.29, 1.82) is 0 Å². The number of sulfonamides is 1. The van der Waals surface area contributed by atoms with Crippen LogP contribution in [0.1, 0.15) is 6.42 Å². The average Bonchev–Trinajstić information content (AvgIpc) is 2.30. The molecule has 0 unspecified atom stereocenters. The first-order valence-corrected chi connectivity index (χ1v) is 7.14. The van der Waals surface area contributed by atoms with Gasteiger partial charge in [-0.05, 0) is 18.6 Å². The third-order valence-electron chi connectivity index (χ3n) is 1.78. The molecule has 1 saturated heterocycles. The third-order valence-corrected chi connectivity index (χ3v) is 5.55. The van der Waals surface area contributed by atoms with E-state index in [1.165, 1.54) is 0 Å². The van der Waals surface area contributed by atoms with Crippen LogP contribution in [0.4, 0.5) is 0 Å². The Morgan fingerprint density at radius 1 is 1.46 bits per heavy atom. The molecule has 74 valence electrons. The fraction of sp³-hybridized carbons (Fsp3) is 0.800. The van der Waals surface area contributed by atoms with E-state index in [1.54, 1.807) is 5.16 Å². The molecule has 0 aromatic carbocycles. The van der Waals surface area contributed by atoms with Crippen molar-refractivity contribution in [2.75, 3.05) is 11.5 Å². The highest BCUT2D eigenvalue weighted by Gasteiger charge is 2.36. The Hall–Kier alpha value is -0.300. The summed E-state index contributed by atoms with van der Waals surface area (Å²) in [6.45, 7) is 0. The van der Waals surface area contributed by atoms with Crippen molar-refractivity contribution in [3.8, 4) is 0 Å². The number of nitrogens with zero attached hydrogens (tertiary/aromatic N) is 1. The first-order chi connectivity index (χ1) is 5.87. The molecule has 1 atom stereocenters. The van der Waals surface area contributed by atoms with Gasteiger partial charge in [0.05, 0.1) is 21.9 Å². The zero-order valence-electron chi connectivity index (χ0n) is 6.50. The Kier molecular flexibility index (Phi) is 2.86. The normalized spacial score (nSPS) is 26.6. The lowest BCUT2D eigenvalue weighted by atomic mass is 10.4. The van der Waals surface area contributed by atoms with Crippen molar-refractivity contribution in [3.63, 3.8) is 0 Å². The van der Waals surface area contributed by atoms with E-state index in [2.05, 4.69) is 16.6 Å². The maximum absolute atomic E-state index is 11.2. The van der Waals surface area contributed by atoms with Gasteiger partial charge in [-0.3, -0.25) is 0 Å². The molecule has 8 heteroatoms. The first kappa shape index (κ1) is 10.8. The van der Waals surface area contributed by atoms with Crippen LogP contribution in [0.3, 0.4) is 0 Å². The van der Waals surface area contributed by atoms with Crippen molar-refractivity contribution in [2.45, 2.75) is 11.7 Å². The van der Waals surface area contributed by atoms with Crippen LogP contribution in [-0.4, -0.2) is 38.8 Å². The second-order valence-corrected chi connectivity index (χ2v) is 7.01. The molecule has 0 radical (unpaired) electrons. The van der Waals surface area contributed by atoms with Crippen molar-refractivity contribution in [1.82, 2.24) is 0 Å². The maximum atomic E-state index is 11.2. The molecule has 1 heterocycles.